The zero-order chi connectivity index (χ0) is 26.9. The summed E-state index contributed by atoms with van der Waals surface area (Å²) in [6.07, 6.45) is 0.742. The molecule has 35 heavy (non-hydrogen) atoms. The van der Waals surface area contributed by atoms with Gasteiger partial charge in [0.2, 0.25) is 5.91 Å². The van der Waals surface area contributed by atoms with E-state index in [0.29, 0.717) is 40.9 Å². The average molecular weight is 485 g/mol. The van der Waals surface area contributed by atoms with Gasteiger partial charge in [-0.15, -0.1) is 0 Å². The molecule has 0 aliphatic rings. The summed E-state index contributed by atoms with van der Waals surface area (Å²) in [7, 11) is 2.53. The second kappa shape index (κ2) is 13.0. The van der Waals surface area contributed by atoms with E-state index in [1.807, 2.05) is 0 Å². The van der Waals surface area contributed by atoms with E-state index in [9.17, 15) is 24.0 Å². The van der Waals surface area contributed by atoms with Crippen LogP contribution in [0.5, 0.6) is 0 Å². The number of carbonyl (C=O) groups excluding carboxylic acids is 5. The van der Waals surface area contributed by atoms with Crippen LogP contribution in [0.2, 0.25) is 0 Å². The van der Waals surface area contributed by atoms with Crippen LogP contribution in [0, 0.1) is 13.8 Å². The van der Waals surface area contributed by atoms with Crippen molar-refractivity contribution in [1.29, 1.82) is 0 Å². The number of benzene rings is 2. The number of carbonyl (C=O) groups is 5. The molecule has 9 heteroatoms. The fourth-order valence-electron chi connectivity index (χ4n) is 3.28. The maximum atomic E-state index is 11.8. The van der Waals surface area contributed by atoms with Crippen LogP contribution in [-0.2, 0) is 14.3 Å². The van der Waals surface area contributed by atoms with Gasteiger partial charge in [0.15, 0.2) is 11.6 Å². The Bertz CT molecular complexity index is 1120. The predicted octanol–water partition coefficient (Wildman–Crippen LogP) is 4.29. The molecule has 0 radical (unpaired) electrons. The minimum atomic E-state index is -0.589. The lowest BCUT2D eigenvalue weighted by atomic mass is 9.98. The molecular formula is C26H32N2O7. The molecule has 2 rings (SSSR count). The van der Waals surface area contributed by atoms with E-state index in [1.54, 1.807) is 39.8 Å². The van der Waals surface area contributed by atoms with Crippen LogP contribution < -0.4 is 11.1 Å². The van der Waals surface area contributed by atoms with Crippen LogP contribution in [0.1, 0.15) is 86.2 Å². The monoisotopic (exact) mass is 484 g/mol. The second-order valence-electron chi connectivity index (χ2n) is 7.68. The quantitative estimate of drug-likeness (QED) is 0.337. The van der Waals surface area contributed by atoms with E-state index in [-0.39, 0.29) is 28.6 Å². The van der Waals surface area contributed by atoms with Gasteiger partial charge in [-0.25, -0.2) is 9.59 Å². The van der Waals surface area contributed by atoms with Crippen molar-refractivity contribution in [1.82, 2.24) is 0 Å². The Labute approximate surface area is 205 Å². The maximum Gasteiger partial charge on any atom is 0.339 e. The van der Waals surface area contributed by atoms with Gasteiger partial charge in [-0.3, -0.25) is 14.4 Å². The Hall–Kier alpha value is -4.01. The Morgan fingerprint density at radius 1 is 0.743 bits per heavy atom. The third kappa shape index (κ3) is 7.49. The number of hydrogen-bond acceptors (Lipinski definition) is 8. The summed E-state index contributed by atoms with van der Waals surface area (Å²) in [5.41, 5.74) is 9.28. The Morgan fingerprint density at radius 3 is 1.60 bits per heavy atom. The number of aryl methyl sites for hydroxylation is 2. The topological polar surface area (TPSA) is 142 Å². The number of nitrogen functional groups attached to an aromatic ring is 1. The molecule has 2 aromatic carbocycles. The van der Waals surface area contributed by atoms with E-state index >= 15 is 0 Å². The molecule has 0 spiro atoms. The van der Waals surface area contributed by atoms with Crippen LogP contribution in [-0.4, -0.2) is 43.6 Å². The highest BCUT2D eigenvalue weighted by atomic mass is 16.5. The fourth-order valence-corrected chi connectivity index (χ4v) is 3.28. The Kier molecular flexibility index (Phi) is 10.8. The van der Waals surface area contributed by atoms with Crippen molar-refractivity contribution in [3.63, 3.8) is 0 Å². The number of nitrogens with two attached hydrogens (primary N) is 1. The zero-order valence-electron chi connectivity index (χ0n) is 21.2. The number of amides is 1. The van der Waals surface area contributed by atoms with Crippen molar-refractivity contribution in [2.24, 2.45) is 0 Å². The van der Waals surface area contributed by atoms with E-state index < -0.39 is 11.9 Å². The first-order valence-corrected chi connectivity index (χ1v) is 11.0. The van der Waals surface area contributed by atoms with Crippen molar-refractivity contribution in [2.75, 3.05) is 25.3 Å². The van der Waals surface area contributed by atoms with Gasteiger partial charge in [0.05, 0.1) is 31.0 Å². The summed E-state index contributed by atoms with van der Waals surface area (Å²) in [5, 5.41) is 2.56. The van der Waals surface area contributed by atoms with Gasteiger partial charge in [-0.1, -0.05) is 13.8 Å². The third-order valence-corrected chi connectivity index (χ3v) is 5.13. The molecule has 0 aliphatic carbocycles. The lowest BCUT2D eigenvalue weighted by Gasteiger charge is -2.12. The molecule has 1 amide bonds. The number of ketones is 2. The first-order chi connectivity index (χ1) is 16.4. The largest absolute Gasteiger partial charge is 0.465 e. The summed E-state index contributed by atoms with van der Waals surface area (Å²) in [6.45, 7) is 8.42. The molecule has 188 valence electrons. The standard InChI is InChI=1S/C14H17NO4.C12H15NO3/c1-5-13(17)10-7-11(14(18)19-4)12(6-8(10)2)15-9(3)16;1-4-11(14)8-6-9(12(15)16-3)10(13)5-7(8)2/h6-7H,5H2,1-4H3,(H,15,16);5-6H,4,13H2,1-3H3. The van der Waals surface area contributed by atoms with Crippen molar-refractivity contribution in [3.05, 3.63) is 57.6 Å². The summed E-state index contributed by atoms with van der Waals surface area (Å²) < 4.78 is 9.26. The van der Waals surface area contributed by atoms with Gasteiger partial charge in [0, 0.05) is 36.6 Å². The van der Waals surface area contributed by atoms with Crippen LogP contribution in [0.4, 0.5) is 11.4 Å². The van der Waals surface area contributed by atoms with Crippen molar-refractivity contribution in [3.8, 4) is 0 Å². The van der Waals surface area contributed by atoms with E-state index in [2.05, 4.69) is 14.8 Å². The number of nitrogens with one attached hydrogen (secondary N) is 1. The zero-order valence-corrected chi connectivity index (χ0v) is 21.2. The molecule has 3 N–H and O–H groups in total. The van der Waals surface area contributed by atoms with Gasteiger partial charge in [-0.2, -0.15) is 0 Å². The summed E-state index contributed by atoms with van der Waals surface area (Å²) >= 11 is 0. The minimum Gasteiger partial charge on any atom is -0.465 e. The lowest BCUT2D eigenvalue weighted by molar-refractivity contribution is -0.114. The molecule has 0 saturated carbocycles. The number of methoxy groups -OCH3 is 2. The number of ether oxygens (including phenoxy) is 2. The molecule has 0 unspecified atom stereocenters. The van der Waals surface area contributed by atoms with Crippen molar-refractivity contribution in [2.45, 2.75) is 47.5 Å². The van der Waals surface area contributed by atoms with E-state index in [4.69, 9.17) is 5.73 Å². The molecule has 0 atom stereocenters. The highest BCUT2D eigenvalue weighted by Crippen LogP contribution is 2.24. The Morgan fingerprint density at radius 2 is 1.17 bits per heavy atom. The lowest BCUT2D eigenvalue weighted by Crippen LogP contribution is -2.14. The van der Waals surface area contributed by atoms with Gasteiger partial charge in [0.1, 0.15) is 0 Å². The average Bonchev–Trinajstić information content (AvgIpc) is 2.82. The highest BCUT2D eigenvalue weighted by Gasteiger charge is 2.18. The smallest absolute Gasteiger partial charge is 0.339 e. The van der Waals surface area contributed by atoms with Gasteiger partial charge in [-0.05, 0) is 49.2 Å². The Balaban J connectivity index is 0.000000355. The molecule has 0 fully saturated rings. The molecular weight excluding hydrogens is 452 g/mol. The predicted molar refractivity (Wildman–Crippen MR) is 133 cm³/mol. The van der Waals surface area contributed by atoms with E-state index in [0.717, 1.165) is 5.56 Å². The third-order valence-electron chi connectivity index (χ3n) is 5.13. The van der Waals surface area contributed by atoms with Gasteiger partial charge < -0.3 is 20.5 Å². The minimum absolute atomic E-state index is 0.0114. The molecule has 0 heterocycles. The number of esters is 2. The maximum absolute atomic E-state index is 11.8. The molecule has 9 nitrogen and oxygen atoms in total. The fraction of sp³-hybridized carbons (Fsp3) is 0.346. The molecule has 0 aliphatic heterocycles. The van der Waals surface area contributed by atoms with E-state index in [1.165, 1.54) is 33.3 Å². The van der Waals surface area contributed by atoms with Crippen LogP contribution in [0.25, 0.3) is 0 Å². The van der Waals surface area contributed by atoms with Crippen molar-refractivity contribution >= 4 is 40.8 Å². The summed E-state index contributed by atoms with van der Waals surface area (Å²) in [6, 6.07) is 6.20. The van der Waals surface area contributed by atoms with Gasteiger partial charge in [0.25, 0.3) is 0 Å². The van der Waals surface area contributed by atoms with Gasteiger partial charge >= 0.3 is 11.9 Å². The number of anilines is 2. The van der Waals surface area contributed by atoms with Crippen LogP contribution in [0.15, 0.2) is 24.3 Å². The molecule has 0 saturated heterocycles. The SMILES string of the molecule is CCC(=O)c1cc(C(=O)OC)c(N)cc1C.CCC(=O)c1cc(C(=O)OC)c(NC(C)=O)cc1C. The van der Waals surface area contributed by atoms with Crippen LogP contribution in [0.3, 0.4) is 0 Å². The summed E-state index contributed by atoms with van der Waals surface area (Å²) in [5.74, 6) is -1.48. The number of hydrogen-bond donors (Lipinski definition) is 2. The molecule has 0 bridgehead atoms. The summed E-state index contributed by atoms with van der Waals surface area (Å²) in [4.78, 5) is 57.6. The first kappa shape index (κ1) is 29.0. The molecule has 0 aromatic heterocycles. The van der Waals surface area contributed by atoms with Crippen LogP contribution >= 0.6 is 0 Å². The normalized spacial score (nSPS) is 9.91. The number of rotatable bonds is 7. The highest BCUT2D eigenvalue weighted by molar-refractivity contribution is 6.05. The molecule has 2 aromatic rings. The second-order valence-corrected chi connectivity index (χ2v) is 7.68. The van der Waals surface area contributed by atoms with Crippen molar-refractivity contribution < 1.29 is 33.4 Å². The first-order valence-electron chi connectivity index (χ1n) is 11.0. The number of Topliss-reactive ketones (excluding diaryl/α,β-unsaturated/α-hetero) is 2.